The number of halogens is 1. The van der Waals surface area contributed by atoms with Gasteiger partial charge in [-0.1, -0.05) is 17.3 Å². The van der Waals surface area contributed by atoms with E-state index in [0.717, 1.165) is 0 Å². The standard InChI is InChI=1S/C8H8N2O3S.C4H11N5.ClH/c9-14(11,12)5-7-6-3-1-2-4-8(6)13-10-7;1-9(2)4(7)8-3(5)6;/h1-4H,5H2,(H2,9,11,12);1-2H3,(H5,5,6,7,8);1H. The van der Waals surface area contributed by atoms with Crippen molar-refractivity contribution < 1.29 is 12.9 Å². The van der Waals surface area contributed by atoms with Crippen LogP contribution < -0.4 is 16.6 Å². The number of fused-ring (bicyclic) bond motifs is 1. The quantitative estimate of drug-likeness (QED) is 0.413. The minimum absolute atomic E-state index is 0. The highest BCUT2D eigenvalue weighted by Gasteiger charge is 2.12. The Morgan fingerprint density at radius 1 is 1.33 bits per heavy atom. The zero-order chi connectivity index (χ0) is 17.6. The van der Waals surface area contributed by atoms with Gasteiger partial charge in [0.2, 0.25) is 16.0 Å². The zero-order valence-electron chi connectivity index (χ0n) is 13.1. The second-order valence-electron chi connectivity index (χ2n) is 4.69. The van der Waals surface area contributed by atoms with Gasteiger partial charge in [0, 0.05) is 19.5 Å². The van der Waals surface area contributed by atoms with Crippen LogP contribution in [0.25, 0.3) is 11.0 Å². The average Bonchev–Trinajstić information content (AvgIpc) is 2.80. The minimum atomic E-state index is -3.56. The molecule has 0 radical (unpaired) electrons. The monoisotopic (exact) mass is 377 g/mol. The van der Waals surface area contributed by atoms with Crippen LogP contribution in [0.4, 0.5) is 0 Å². The number of nitrogens with two attached hydrogens (primary N) is 3. The molecule has 1 aromatic heterocycles. The SMILES string of the molecule is CN(C)C(=N)N=C(N)N.Cl.NS(=O)(=O)Cc1noc2ccccc12. The molecule has 2 aromatic rings. The Balaban J connectivity index is 0.000000468. The third kappa shape index (κ3) is 7.26. The Morgan fingerprint density at radius 3 is 2.38 bits per heavy atom. The predicted octanol–water partition coefficient (Wildman–Crippen LogP) is -0.206. The van der Waals surface area contributed by atoms with Crippen molar-refractivity contribution >= 4 is 45.3 Å². The second-order valence-corrected chi connectivity index (χ2v) is 6.30. The van der Waals surface area contributed by atoms with Crippen LogP contribution in [-0.2, 0) is 15.8 Å². The third-order valence-corrected chi connectivity index (χ3v) is 3.12. The molecule has 12 heteroatoms. The highest BCUT2D eigenvalue weighted by Crippen LogP contribution is 2.18. The van der Waals surface area contributed by atoms with E-state index in [2.05, 4.69) is 10.1 Å². The number of nitrogens with one attached hydrogen (secondary N) is 1. The average molecular weight is 378 g/mol. The number of hydrogen-bond acceptors (Lipinski definition) is 5. The summed E-state index contributed by atoms with van der Waals surface area (Å²) >= 11 is 0. The molecule has 1 aromatic carbocycles. The second kappa shape index (κ2) is 9.05. The summed E-state index contributed by atoms with van der Waals surface area (Å²) in [6, 6.07) is 7.03. The fraction of sp³-hybridized carbons (Fsp3) is 0.250. The van der Waals surface area contributed by atoms with Gasteiger partial charge in [-0.2, -0.15) is 4.99 Å². The van der Waals surface area contributed by atoms with Crippen molar-refractivity contribution in [3.05, 3.63) is 30.0 Å². The smallest absolute Gasteiger partial charge is 0.220 e. The van der Waals surface area contributed by atoms with Crippen LogP contribution in [0.1, 0.15) is 5.69 Å². The maximum atomic E-state index is 10.8. The van der Waals surface area contributed by atoms with Gasteiger partial charge in [-0.3, -0.25) is 5.41 Å². The molecule has 0 saturated heterocycles. The Labute approximate surface area is 145 Å². The highest BCUT2D eigenvalue weighted by molar-refractivity contribution is 7.88. The summed E-state index contributed by atoms with van der Waals surface area (Å²) in [7, 11) is -0.183. The summed E-state index contributed by atoms with van der Waals surface area (Å²) in [6.07, 6.45) is 0. The summed E-state index contributed by atoms with van der Waals surface area (Å²) in [5.41, 5.74) is 10.9. The molecule has 24 heavy (non-hydrogen) atoms. The van der Waals surface area contributed by atoms with E-state index in [9.17, 15) is 8.42 Å². The first kappa shape index (κ1) is 21.6. The molecule has 0 fully saturated rings. The van der Waals surface area contributed by atoms with Gasteiger partial charge < -0.3 is 20.9 Å². The molecule has 0 aliphatic rings. The molecule has 2 rings (SSSR count). The molecule has 7 N–H and O–H groups in total. The van der Waals surface area contributed by atoms with Crippen molar-refractivity contribution in [2.45, 2.75) is 5.75 Å². The summed E-state index contributed by atoms with van der Waals surface area (Å²) in [5.74, 6) is -0.340. The number of rotatable bonds is 2. The van der Waals surface area contributed by atoms with Crippen LogP contribution >= 0.6 is 12.4 Å². The van der Waals surface area contributed by atoms with Crippen molar-refractivity contribution in [1.29, 1.82) is 5.41 Å². The number of sulfonamides is 1. The van der Waals surface area contributed by atoms with Crippen molar-refractivity contribution in [1.82, 2.24) is 10.1 Å². The Kier molecular flexibility index (Phi) is 8.16. The van der Waals surface area contributed by atoms with E-state index >= 15 is 0 Å². The minimum Gasteiger partial charge on any atom is -0.370 e. The number of primary sulfonamides is 1. The van der Waals surface area contributed by atoms with Crippen LogP contribution in [0.5, 0.6) is 0 Å². The molecule has 0 saturated carbocycles. The van der Waals surface area contributed by atoms with Gasteiger partial charge in [0.1, 0.15) is 11.4 Å². The summed E-state index contributed by atoms with van der Waals surface area (Å²) in [4.78, 5) is 4.96. The van der Waals surface area contributed by atoms with E-state index in [1.807, 2.05) is 0 Å². The number of aliphatic imine (C=N–C) groups is 1. The molecule has 0 unspecified atom stereocenters. The lowest BCUT2D eigenvalue weighted by molar-refractivity contribution is 0.448. The first-order valence-corrected chi connectivity index (χ1v) is 8.01. The normalized spacial score (nSPS) is 10.1. The van der Waals surface area contributed by atoms with Crippen molar-refractivity contribution in [2.75, 3.05) is 14.1 Å². The van der Waals surface area contributed by atoms with Gasteiger partial charge in [-0.15, -0.1) is 12.4 Å². The zero-order valence-corrected chi connectivity index (χ0v) is 14.8. The van der Waals surface area contributed by atoms with Crippen molar-refractivity contribution in [3.8, 4) is 0 Å². The fourth-order valence-corrected chi connectivity index (χ4v) is 2.04. The number of benzene rings is 1. The van der Waals surface area contributed by atoms with Gasteiger partial charge in [0.05, 0.1) is 0 Å². The largest absolute Gasteiger partial charge is 0.370 e. The van der Waals surface area contributed by atoms with Crippen LogP contribution in [0.2, 0.25) is 0 Å². The number of guanidine groups is 2. The topological polar surface area (TPSA) is 178 Å². The molecule has 0 amide bonds. The summed E-state index contributed by atoms with van der Waals surface area (Å²) in [6.45, 7) is 0. The van der Waals surface area contributed by atoms with E-state index in [-0.39, 0.29) is 30.1 Å². The first-order valence-electron chi connectivity index (χ1n) is 6.29. The van der Waals surface area contributed by atoms with Crippen LogP contribution in [0, 0.1) is 5.41 Å². The molecule has 134 valence electrons. The van der Waals surface area contributed by atoms with Gasteiger partial charge in [-0.25, -0.2) is 13.6 Å². The number of aromatic nitrogens is 1. The van der Waals surface area contributed by atoms with E-state index in [1.54, 1.807) is 38.4 Å². The van der Waals surface area contributed by atoms with Gasteiger partial charge in [-0.05, 0) is 12.1 Å². The van der Waals surface area contributed by atoms with E-state index in [1.165, 1.54) is 4.90 Å². The van der Waals surface area contributed by atoms with Gasteiger partial charge >= 0.3 is 0 Å². The van der Waals surface area contributed by atoms with Gasteiger partial charge in [0.15, 0.2) is 11.5 Å². The van der Waals surface area contributed by atoms with Crippen LogP contribution in [0.3, 0.4) is 0 Å². The third-order valence-electron chi connectivity index (χ3n) is 2.45. The molecule has 0 atom stereocenters. The van der Waals surface area contributed by atoms with Crippen molar-refractivity contribution in [3.63, 3.8) is 0 Å². The molecule has 0 aliphatic carbocycles. The lowest BCUT2D eigenvalue weighted by atomic mass is 10.2. The molecule has 10 nitrogen and oxygen atoms in total. The Hall–Kier alpha value is -2.37. The number of hydrogen-bond donors (Lipinski definition) is 4. The molecule has 0 spiro atoms. The molecular formula is C12H20ClN7O3S. The Bertz CT molecular complexity index is 813. The molecule has 1 heterocycles. The van der Waals surface area contributed by atoms with E-state index in [4.69, 9.17) is 26.5 Å². The highest BCUT2D eigenvalue weighted by atomic mass is 35.5. The van der Waals surface area contributed by atoms with Crippen LogP contribution in [0.15, 0.2) is 33.8 Å². The number of para-hydroxylation sites is 1. The fourth-order valence-electron chi connectivity index (χ4n) is 1.46. The maximum absolute atomic E-state index is 10.8. The van der Waals surface area contributed by atoms with E-state index in [0.29, 0.717) is 16.7 Å². The summed E-state index contributed by atoms with van der Waals surface area (Å²) in [5, 5.41) is 16.3. The molecule has 0 bridgehead atoms. The van der Waals surface area contributed by atoms with Crippen LogP contribution in [-0.4, -0.2) is 44.5 Å². The number of nitrogens with zero attached hydrogens (tertiary/aromatic N) is 3. The first-order chi connectivity index (χ1) is 10.6. The van der Waals surface area contributed by atoms with Crippen molar-refractivity contribution in [2.24, 2.45) is 21.6 Å². The van der Waals surface area contributed by atoms with E-state index < -0.39 is 10.0 Å². The lowest BCUT2D eigenvalue weighted by Gasteiger charge is -2.07. The maximum Gasteiger partial charge on any atom is 0.220 e. The van der Waals surface area contributed by atoms with Gasteiger partial charge in [0.25, 0.3) is 0 Å². The lowest BCUT2D eigenvalue weighted by Crippen LogP contribution is -2.28. The molecular weight excluding hydrogens is 358 g/mol. The summed E-state index contributed by atoms with van der Waals surface area (Å²) < 4.78 is 26.6. The predicted molar refractivity (Wildman–Crippen MR) is 95.3 cm³/mol. The Morgan fingerprint density at radius 2 is 1.92 bits per heavy atom. The molecule has 0 aliphatic heterocycles.